The monoisotopic (exact) mass is 619 g/mol. The second kappa shape index (κ2) is 12.3. The number of sulfonamides is 1. The van der Waals surface area contributed by atoms with Crippen molar-refractivity contribution in [3.8, 4) is 0 Å². The minimum absolute atomic E-state index is 0.0515. The van der Waals surface area contributed by atoms with E-state index in [1.54, 1.807) is 73.7 Å². The molecular weight excluding hydrogens is 590 g/mol. The standard InChI is InChI=1S/C28H31BrClN3O4S/c1-20(27(35)31-28(2,3)4)32(18-21-9-8-10-23(30)17-21)26(34)19-33(24-15-13-22(29)14-16-24)38(36,37)25-11-6-5-7-12-25/h5-17,20H,18-19H2,1-4H3,(H,31,35)/t20-/m0/s1. The highest BCUT2D eigenvalue weighted by Crippen LogP contribution is 2.26. The molecular formula is C28H31BrClN3O4S. The number of hydrogen-bond acceptors (Lipinski definition) is 4. The summed E-state index contributed by atoms with van der Waals surface area (Å²) in [5, 5.41) is 3.39. The van der Waals surface area contributed by atoms with Crippen molar-refractivity contribution in [2.45, 2.75) is 50.7 Å². The molecule has 0 fully saturated rings. The minimum Gasteiger partial charge on any atom is -0.350 e. The van der Waals surface area contributed by atoms with Crippen LogP contribution in [0.15, 0.2) is 88.2 Å². The fourth-order valence-electron chi connectivity index (χ4n) is 3.74. The molecule has 3 rings (SSSR count). The topological polar surface area (TPSA) is 86.8 Å². The zero-order chi connectivity index (χ0) is 28.1. The van der Waals surface area contributed by atoms with Crippen LogP contribution in [0.25, 0.3) is 0 Å². The summed E-state index contributed by atoms with van der Waals surface area (Å²) in [5.74, 6) is -0.891. The summed E-state index contributed by atoms with van der Waals surface area (Å²) in [6.45, 7) is 6.73. The van der Waals surface area contributed by atoms with Crippen molar-refractivity contribution in [3.63, 3.8) is 0 Å². The number of carbonyl (C=O) groups excluding carboxylic acids is 2. The smallest absolute Gasteiger partial charge is 0.264 e. The van der Waals surface area contributed by atoms with Crippen molar-refractivity contribution >= 4 is 55.1 Å². The van der Waals surface area contributed by atoms with Crippen molar-refractivity contribution in [1.29, 1.82) is 0 Å². The molecule has 0 saturated carbocycles. The van der Waals surface area contributed by atoms with Crippen LogP contribution in [0.1, 0.15) is 33.3 Å². The maximum absolute atomic E-state index is 13.9. The average molecular weight is 621 g/mol. The summed E-state index contributed by atoms with van der Waals surface area (Å²) >= 11 is 9.54. The van der Waals surface area contributed by atoms with Gasteiger partial charge in [-0.3, -0.25) is 13.9 Å². The van der Waals surface area contributed by atoms with Crippen LogP contribution in [0.3, 0.4) is 0 Å². The Labute approximate surface area is 238 Å². The summed E-state index contributed by atoms with van der Waals surface area (Å²) in [6, 6.07) is 20.7. The molecule has 0 saturated heterocycles. The van der Waals surface area contributed by atoms with E-state index in [4.69, 9.17) is 11.6 Å². The SMILES string of the molecule is C[C@@H](C(=O)NC(C)(C)C)N(Cc1cccc(Cl)c1)C(=O)CN(c1ccc(Br)cc1)S(=O)(=O)c1ccccc1. The molecule has 1 N–H and O–H groups in total. The normalized spacial score (nSPS) is 12.5. The number of amides is 2. The molecule has 0 aromatic heterocycles. The lowest BCUT2D eigenvalue weighted by Crippen LogP contribution is -2.54. The molecule has 202 valence electrons. The number of anilines is 1. The molecule has 3 aromatic rings. The third kappa shape index (κ3) is 7.82. The fourth-order valence-corrected chi connectivity index (χ4v) is 5.66. The van der Waals surface area contributed by atoms with Crippen molar-refractivity contribution in [2.24, 2.45) is 0 Å². The minimum atomic E-state index is -4.10. The number of carbonyl (C=O) groups is 2. The van der Waals surface area contributed by atoms with E-state index < -0.39 is 34.1 Å². The number of nitrogens with zero attached hydrogens (tertiary/aromatic N) is 2. The second-order valence-corrected chi connectivity index (χ2v) is 13.1. The van der Waals surface area contributed by atoms with Gasteiger partial charge in [-0.15, -0.1) is 0 Å². The van der Waals surface area contributed by atoms with E-state index in [1.165, 1.54) is 17.0 Å². The maximum atomic E-state index is 13.9. The van der Waals surface area contributed by atoms with Crippen LogP contribution in [0.4, 0.5) is 5.69 Å². The van der Waals surface area contributed by atoms with Gasteiger partial charge < -0.3 is 10.2 Å². The third-order valence-electron chi connectivity index (χ3n) is 5.63. The number of nitrogens with one attached hydrogen (secondary N) is 1. The molecule has 38 heavy (non-hydrogen) atoms. The Bertz CT molecular complexity index is 1380. The number of hydrogen-bond donors (Lipinski definition) is 1. The molecule has 2 amide bonds. The van der Waals surface area contributed by atoms with Gasteiger partial charge in [0, 0.05) is 21.6 Å². The van der Waals surface area contributed by atoms with E-state index in [0.717, 1.165) is 8.78 Å². The van der Waals surface area contributed by atoms with Crippen LogP contribution in [-0.4, -0.2) is 43.3 Å². The van der Waals surface area contributed by atoms with Gasteiger partial charge in [-0.25, -0.2) is 8.42 Å². The highest BCUT2D eigenvalue weighted by Gasteiger charge is 2.33. The molecule has 0 aliphatic rings. The Morgan fingerprint density at radius 1 is 0.974 bits per heavy atom. The summed E-state index contributed by atoms with van der Waals surface area (Å²) in [7, 11) is -4.10. The van der Waals surface area contributed by atoms with Crippen molar-refractivity contribution in [1.82, 2.24) is 10.2 Å². The Hall–Kier alpha value is -2.88. The number of rotatable bonds is 9. The lowest BCUT2D eigenvalue weighted by Gasteiger charge is -2.33. The summed E-state index contributed by atoms with van der Waals surface area (Å²) in [4.78, 5) is 28.4. The van der Waals surface area contributed by atoms with Crippen LogP contribution in [0.2, 0.25) is 5.02 Å². The van der Waals surface area contributed by atoms with Crippen molar-refractivity contribution in [3.05, 3.63) is 93.9 Å². The third-order valence-corrected chi connectivity index (χ3v) is 8.18. The van der Waals surface area contributed by atoms with Gasteiger partial charge in [0.15, 0.2) is 0 Å². The van der Waals surface area contributed by atoms with Crippen LogP contribution in [0.5, 0.6) is 0 Å². The molecule has 10 heteroatoms. The van der Waals surface area contributed by atoms with E-state index in [-0.39, 0.29) is 17.3 Å². The molecule has 0 bridgehead atoms. The molecule has 3 aromatic carbocycles. The van der Waals surface area contributed by atoms with Crippen LogP contribution in [-0.2, 0) is 26.2 Å². The summed E-state index contributed by atoms with van der Waals surface area (Å²) < 4.78 is 29.3. The predicted octanol–water partition coefficient (Wildman–Crippen LogP) is 5.63. The quantitative estimate of drug-likeness (QED) is 0.336. The lowest BCUT2D eigenvalue weighted by atomic mass is 10.1. The molecule has 0 unspecified atom stereocenters. The van der Waals surface area contributed by atoms with Gasteiger partial charge in [0.2, 0.25) is 11.8 Å². The first-order valence-corrected chi connectivity index (χ1v) is 14.6. The zero-order valence-corrected chi connectivity index (χ0v) is 24.8. The predicted molar refractivity (Wildman–Crippen MR) is 154 cm³/mol. The van der Waals surface area contributed by atoms with Gasteiger partial charge in [0.1, 0.15) is 12.6 Å². The number of benzene rings is 3. The van der Waals surface area contributed by atoms with E-state index >= 15 is 0 Å². The molecule has 0 spiro atoms. The maximum Gasteiger partial charge on any atom is 0.264 e. The second-order valence-electron chi connectivity index (χ2n) is 9.87. The van der Waals surface area contributed by atoms with E-state index in [9.17, 15) is 18.0 Å². The highest BCUT2D eigenvalue weighted by atomic mass is 79.9. The average Bonchev–Trinajstić information content (AvgIpc) is 2.85. The van der Waals surface area contributed by atoms with Gasteiger partial charge in [0.25, 0.3) is 10.0 Å². The molecule has 1 atom stereocenters. The zero-order valence-electron chi connectivity index (χ0n) is 21.7. The largest absolute Gasteiger partial charge is 0.350 e. The summed E-state index contributed by atoms with van der Waals surface area (Å²) in [5.41, 5.74) is 0.512. The summed E-state index contributed by atoms with van der Waals surface area (Å²) in [6.07, 6.45) is 0. The molecule has 7 nitrogen and oxygen atoms in total. The van der Waals surface area contributed by atoms with E-state index in [2.05, 4.69) is 21.2 Å². The number of halogens is 2. The Balaban J connectivity index is 2.02. The van der Waals surface area contributed by atoms with Gasteiger partial charge in [0.05, 0.1) is 10.6 Å². The van der Waals surface area contributed by atoms with Crippen molar-refractivity contribution < 1.29 is 18.0 Å². The Morgan fingerprint density at radius 3 is 2.18 bits per heavy atom. The van der Waals surface area contributed by atoms with E-state index in [0.29, 0.717) is 16.3 Å². The highest BCUT2D eigenvalue weighted by molar-refractivity contribution is 9.10. The first-order valence-electron chi connectivity index (χ1n) is 12.0. The van der Waals surface area contributed by atoms with Crippen molar-refractivity contribution in [2.75, 3.05) is 10.8 Å². The van der Waals surface area contributed by atoms with Crippen LogP contribution < -0.4 is 9.62 Å². The molecule has 0 heterocycles. The first kappa shape index (κ1) is 29.7. The first-order chi connectivity index (χ1) is 17.8. The Morgan fingerprint density at radius 2 is 1.61 bits per heavy atom. The van der Waals surface area contributed by atoms with Gasteiger partial charge >= 0.3 is 0 Å². The molecule has 0 radical (unpaired) electrons. The molecule has 0 aliphatic heterocycles. The Kier molecular flexibility index (Phi) is 9.62. The van der Waals surface area contributed by atoms with Gasteiger partial charge in [-0.05, 0) is 81.8 Å². The fraction of sp³-hybridized carbons (Fsp3) is 0.286. The van der Waals surface area contributed by atoms with Gasteiger partial charge in [-0.1, -0.05) is 57.9 Å². The molecule has 0 aliphatic carbocycles. The lowest BCUT2D eigenvalue weighted by molar-refractivity contribution is -0.140. The van der Waals surface area contributed by atoms with Gasteiger partial charge in [-0.2, -0.15) is 0 Å². The van der Waals surface area contributed by atoms with Crippen LogP contribution >= 0.6 is 27.5 Å². The van der Waals surface area contributed by atoms with Crippen LogP contribution in [0, 0.1) is 0 Å². The van der Waals surface area contributed by atoms with E-state index in [1.807, 2.05) is 20.8 Å².